The lowest BCUT2D eigenvalue weighted by Gasteiger charge is -2.09. The Bertz CT molecular complexity index is 694. The van der Waals surface area contributed by atoms with Crippen molar-refractivity contribution in [2.24, 2.45) is 5.16 Å². The van der Waals surface area contributed by atoms with Gasteiger partial charge in [0.25, 0.3) is 0 Å². The van der Waals surface area contributed by atoms with Crippen LogP contribution in [-0.2, 0) is 9.53 Å². The van der Waals surface area contributed by atoms with Gasteiger partial charge in [0.1, 0.15) is 5.75 Å². The van der Waals surface area contributed by atoms with Crippen molar-refractivity contribution in [3.8, 4) is 5.75 Å². The van der Waals surface area contributed by atoms with Gasteiger partial charge in [-0.15, -0.1) is 0 Å². The Kier molecular flexibility index (Phi) is 5.36. The number of hydrogen-bond donors (Lipinski definition) is 2. The highest BCUT2D eigenvalue weighted by Crippen LogP contribution is 2.30. The molecule has 0 bridgehead atoms. The van der Waals surface area contributed by atoms with Gasteiger partial charge < -0.3 is 15.1 Å². The van der Waals surface area contributed by atoms with Crippen molar-refractivity contribution in [2.45, 2.75) is 26.2 Å². The minimum atomic E-state index is -0.275. The molecule has 0 aliphatic carbocycles. The number of aromatic hydroxyl groups is 1. The third-order valence-corrected chi connectivity index (χ3v) is 3.43. The number of benzene rings is 2. The first-order chi connectivity index (χ1) is 10.7. The molecule has 0 aliphatic heterocycles. The lowest BCUT2D eigenvalue weighted by molar-refractivity contribution is -0.143. The molecule has 22 heavy (non-hydrogen) atoms. The molecule has 0 radical (unpaired) electrons. The van der Waals surface area contributed by atoms with Gasteiger partial charge in [0, 0.05) is 17.4 Å². The summed E-state index contributed by atoms with van der Waals surface area (Å²) in [5.41, 5.74) is 0.831. The summed E-state index contributed by atoms with van der Waals surface area (Å²) in [7, 11) is 0. The summed E-state index contributed by atoms with van der Waals surface area (Å²) >= 11 is 0. The van der Waals surface area contributed by atoms with Crippen molar-refractivity contribution in [1.29, 1.82) is 0 Å². The van der Waals surface area contributed by atoms with E-state index in [4.69, 9.17) is 4.74 Å². The summed E-state index contributed by atoms with van der Waals surface area (Å²) in [6.45, 7) is 2.11. The number of fused-ring (bicyclic) bond motifs is 1. The van der Waals surface area contributed by atoms with Crippen LogP contribution in [0.3, 0.4) is 0 Å². The molecule has 0 atom stereocenters. The second-order valence-corrected chi connectivity index (χ2v) is 4.89. The van der Waals surface area contributed by atoms with Crippen LogP contribution in [0.5, 0.6) is 5.75 Å². The van der Waals surface area contributed by atoms with Gasteiger partial charge in [0.15, 0.2) is 0 Å². The summed E-state index contributed by atoms with van der Waals surface area (Å²) < 4.78 is 4.85. The van der Waals surface area contributed by atoms with Crippen LogP contribution in [0.25, 0.3) is 10.8 Å². The number of ether oxygens (including phenoxy) is 1. The molecule has 2 aromatic carbocycles. The van der Waals surface area contributed by atoms with E-state index in [1.54, 1.807) is 13.0 Å². The van der Waals surface area contributed by atoms with E-state index in [2.05, 4.69) is 5.16 Å². The molecule has 2 N–H and O–H groups in total. The van der Waals surface area contributed by atoms with Gasteiger partial charge in [-0.05, 0) is 31.2 Å². The summed E-state index contributed by atoms with van der Waals surface area (Å²) in [6.07, 6.45) is 1.12. The number of carbonyl (C=O) groups is 1. The lowest BCUT2D eigenvalue weighted by Crippen LogP contribution is -2.07. The van der Waals surface area contributed by atoms with E-state index >= 15 is 0 Å². The van der Waals surface area contributed by atoms with Crippen molar-refractivity contribution in [1.82, 2.24) is 0 Å². The normalized spacial score (nSPS) is 11.6. The van der Waals surface area contributed by atoms with Crippen molar-refractivity contribution in [2.75, 3.05) is 6.61 Å². The van der Waals surface area contributed by atoms with Gasteiger partial charge in [-0.2, -0.15) is 0 Å². The number of rotatable bonds is 6. The van der Waals surface area contributed by atoms with Gasteiger partial charge in [-0.1, -0.05) is 35.5 Å². The molecule has 0 unspecified atom stereocenters. The molecule has 5 nitrogen and oxygen atoms in total. The molecular weight excluding hydrogens is 282 g/mol. The van der Waals surface area contributed by atoms with Crippen LogP contribution in [0, 0.1) is 0 Å². The molecule has 5 heteroatoms. The Labute approximate surface area is 128 Å². The Morgan fingerprint density at radius 2 is 1.95 bits per heavy atom. The van der Waals surface area contributed by atoms with Crippen molar-refractivity contribution >= 4 is 22.5 Å². The third kappa shape index (κ3) is 3.55. The number of carbonyl (C=O) groups excluding carboxylic acids is 1. The van der Waals surface area contributed by atoms with E-state index in [1.807, 2.05) is 30.3 Å². The Hall–Kier alpha value is -2.56. The van der Waals surface area contributed by atoms with E-state index in [0.717, 1.165) is 5.39 Å². The first-order valence-electron chi connectivity index (χ1n) is 7.25. The SMILES string of the molecule is CCOC(=O)CCC/C(=N/O)c1ccc2ccccc2c1O. The number of oxime groups is 1. The molecule has 2 aromatic rings. The van der Waals surface area contributed by atoms with Crippen LogP contribution in [0.15, 0.2) is 41.6 Å². The smallest absolute Gasteiger partial charge is 0.305 e. The minimum absolute atomic E-state index is 0.0852. The average Bonchev–Trinajstić information content (AvgIpc) is 2.53. The zero-order valence-corrected chi connectivity index (χ0v) is 12.5. The van der Waals surface area contributed by atoms with Crippen LogP contribution in [0.2, 0.25) is 0 Å². The highest BCUT2D eigenvalue weighted by molar-refractivity contribution is 6.07. The van der Waals surface area contributed by atoms with Gasteiger partial charge in [-0.25, -0.2) is 0 Å². The summed E-state index contributed by atoms with van der Waals surface area (Å²) in [4.78, 5) is 11.3. The zero-order chi connectivity index (χ0) is 15.9. The second kappa shape index (κ2) is 7.45. The Morgan fingerprint density at radius 3 is 2.68 bits per heavy atom. The molecule has 0 fully saturated rings. The number of hydrogen-bond acceptors (Lipinski definition) is 5. The first-order valence-corrected chi connectivity index (χ1v) is 7.25. The molecule has 0 spiro atoms. The predicted molar refractivity (Wildman–Crippen MR) is 84.4 cm³/mol. The fourth-order valence-corrected chi connectivity index (χ4v) is 2.36. The number of nitrogens with zero attached hydrogens (tertiary/aromatic N) is 1. The summed E-state index contributed by atoms with van der Waals surface area (Å²) in [6, 6.07) is 11.0. The summed E-state index contributed by atoms with van der Waals surface area (Å²) in [5, 5.41) is 24.4. The lowest BCUT2D eigenvalue weighted by atomic mass is 9.99. The molecule has 2 rings (SSSR count). The second-order valence-electron chi connectivity index (χ2n) is 4.89. The van der Waals surface area contributed by atoms with Gasteiger partial charge in [0.05, 0.1) is 12.3 Å². The quantitative estimate of drug-likeness (QED) is 0.370. The highest BCUT2D eigenvalue weighted by Gasteiger charge is 2.13. The third-order valence-electron chi connectivity index (χ3n) is 3.43. The minimum Gasteiger partial charge on any atom is -0.507 e. The van der Waals surface area contributed by atoms with Crippen LogP contribution < -0.4 is 0 Å². The topological polar surface area (TPSA) is 79.1 Å². The molecule has 116 valence electrons. The Morgan fingerprint density at radius 1 is 1.18 bits per heavy atom. The van der Waals surface area contributed by atoms with E-state index < -0.39 is 0 Å². The first kappa shape index (κ1) is 15.8. The average molecular weight is 301 g/mol. The van der Waals surface area contributed by atoms with Crippen LogP contribution >= 0.6 is 0 Å². The molecule has 0 aliphatic rings. The molecule has 0 heterocycles. The predicted octanol–water partition coefficient (Wildman–Crippen LogP) is 3.46. The number of esters is 1. The maximum Gasteiger partial charge on any atom is 0.305 e. The van der Waals surface area contributed by atoms with Crippen LogP contribution in [0.4, 0.5) is 0 Å². The monoisotopic (exact) mass is 301 g/mol. The van der Waals surface area contributed by atoms with Crippen LogP contribution in [-0.4, -0.2) is 28.6 Å². The maximum absolute atomic E-state index is 11.3. The fraction of sp³-hybridized carbons (Fsp3) is 0.294. The maximum atomic E-state index is 11.3. The molecule has 0 saturated carbocycles. The summed E-state index contributed by atoms with van der Waals surface area (Å²) in [5.74, 6) is -0.190. The number of phenolic OH excluding ortho intramolecular Hbond substituents is 1. The number of phenols is 1. The van der Waals surface area contributed by atoms with Gasteiger partial charge in [0.2, 0.25) is 0 Å². The van der Waals surface area contributed by atoms with E-state index in [-0.39, 0.29) is 18.1 Å². The van der Waals surface area contributed by atoms with Gasteiger partial charge >= 0.3 is 5.97 Å². The largest absolute Gasteiger partial charge is 0.507 e. The van der Waals surface area contributed by atoms with E-state index in [0.29, 0.717) is 36.1 Å². The molecule has 0 amide bonds. The van der Waals surface area contributed by atoms with Gasteiger partial charge in [-0.3, -0.25) is 4.79 Å². The van der Waals surface area contributed by atoms with Crippen molar-refractivity contribution < 1.29 is 19.8 Å². The Balaban J connectivity index is 2.15. The highest BCUT2D eigenvalue weighted by atomic mass is 16.5. The standard InChI is InChI=1S/C17H19NO4/c1-2-22-16(19)9-5-8-15(18-21)14-11-10-12-6-3-4-7-13(12)17(14)20/h3-4,6-7,10-11,20-21H,2,5,8-9H2,1H3/b18-15-. The molecular formula is C17H19NO4. The van der Waals surface area contributed by atoms with E-state index in [9.17, 15) is 15.1 Å². The zero-order valence-electron chi connectivity index (χ0n) is 12.5. The van der Waals surface area contributed by atoms with Crippen molar-refractivity contribution in [3.63, 3.8) is 0 Å². The van der Waals surface area contributed by atoms with Crippen molar-refractivity contribution in [3.05, 3.63) is 42.0 Å². The molecule has 0 aromatic heterocycles. The fourth-order valence-electron chi connectivity index (χ4n) is 2.36. The van der Waals surface area contributed by atoms with Crippen LogP contribution in [0.1, 0.15) is 31.7 Å². The van der Waals surface area contributed by atoms with E-state index in [1.165, 1.54) is 0 Å². The molecule has 0 saturated heterocycles.